The molecule has 4 nitrogen and oxygen atoms in total. The molecular weight excluding hydrogens is 383 g/mol. The molecule has 0 unspecified atom stereocenters. The fourth-order valence-electron chi connectivity index (χ4n) is 2.94. The van der Waals surface area contributed by atoms with Gasteiger partial charge in [0.25, 0.3) is 0 Å². The topological polar surface area (TPSA) is 49.4 Å². The van der Waals surface area contributed by atoms with Crippen molar-refractivity contribution in [3.05, 3.63) is 69.7 Å². The van der Waals surface area contributed by atoms with E-state index < -0.39 is 6.04 Å². The first kappa shape index (κ1) is 21.3. The second-order valence-corrected chi connectivity index (χ2v) is 7.02. The van der Waals surface area contributed by atoms with E-state index in [0.29, 0.717) is 28.6 Å². The molecule has 0 fully saturated rings. The summed E-state index contributed by atoms with van der Waals surface area (Å²) in [6.07, 6.45) is 0.702. The highest BCUT2D eigenvalue weighted by atomic mass is 35.5. The van der Waals surface area contributed by atoms with E-state index in [9.17, 15) is 9.59 Å². The summed E-state index contributed by atoms with van der Waals surface area (Å²) in [4.78, 5) is 27.2. The summed E-state index contributed by atoms with van der Waals surface area (Å²) in [5.74, 6) is -0.320. The minimum absolute atomic E-state index is 0.143. The van der Waals surface area contributed by atoms with Crippen LogP contribution in [0.3, 0.4) is 0 Å². The number of carbonyl (C=O) groups is 2. The van der Waals surface area contributed by atoms with E-state index in [0.717, 1.165) is 5.56 Å². The van der Waals surface area contributed by atoms with E-state index in [1.807, 2.05) is 44.2 Å². The largest absolute Gasteiger partial charge is 0.355 e. The lowest BCUT2D eigenvalue weighted by atomic mass is 10.1. The predicted octanol–water partition coefficient (Wildman–Crippen LogP) is 4.48. The van der Waals surface area contributed by atoms with Gasteiger partial charge >= 0.3 is 0 Å². The van der Waals surface area contributed by atoms with E-state index in [2.05, 4.69) is 5.32 Å². The van der Waals surface area contributed by atoms with E-state index in [1.54, 1.807) is 23.1 Å². The molecule has 0 heterocycles. The number of likely N-dealkylation sites (N-methyl/N-ethyl adjacent to an activating group) is 1. The molecule has 1 N–H and O–H groups in total. The second kappa shape index (κ2) is 10.3. The number of rotatable bonds is 8. The number of amides is 2. The van der Waals surface area contributed by atoms with Gasteiger partial charge in [-0.2, -0.15) is 0 Å². The van der Waals surface area contributed by atoms with Gasteiger partial charge in [-0.05, 0) is 31.0 Å². The molecule has 0 aliphatic rings. The van der Waals surface area contributed by atoms with Gasteiger partial charge in [0.1, 0.15) is 6.04 Å². The minimum atomic E-state index is -0.589. The number of hydrogen-bond acceptors (Lipinski definition) is 2. The molecule has 1 atom stereocenters. The minimum Gasteiger partial charge on any atom is -0.355 e. The van der Waals surface area contributed by atoms with Crippen LogP contribution in [-0.4, -0.2) is 29.3 Å². The molecule has 0 aliphatic carbocycles. The van der Waals surface area contributed by atoms with Gasteiger partial charge in [-0.1, -0.05) is 66.5 Å². The van der Waals surface area contributed by atoms with Gasteiger partial charge in [0.15, 0.2) is 0 Å². The lowest BCUT2D eigenvalue weighted by Gasteiger charge is -2.31. The lowest BCUT2D eigenvalue weighted by molar-refractivity contribution is -0.140. The Morgan fingerprint density at radius 1 is 1.00 bits per heavy atom. The van der Waals surface area contributed by atoms with Crippen LogP contribution >= 0.6 is 23.2 Å². The van der Waals surface area contributed by atoms with E-state index in [4.69, 9.17) is 23.2 Å². The van der Waals surface area contributed by atoms with Crippen molar-refractivity contribution < 1.29 is 9.59 Å². The van der Waals surface area contributed by atoms with Gasteiger partial charge in [-0.3, -0.25) is 9.59 Å². The Balaban J connectivity index is 2.34. The lowest BCUT2D eigenvalue weighted by Crippen LogP contribution is -2.49. The highest BCUT2D eigenvalue weighted by Gasteiger charge is 2.29. The molecule has 0 radical (unpaired) electrons. The highest BCUT2D eigenvalue weighted by Crippen LogP contribution is 2.27. The number of hydrogen-bond donors (Lipinski definition) is 1. The summed E-state index contributed by atoms with van der Waals surface area (Å²) >= 11 is 12.6. The van der Waals surface area contributed by atoms with Crippen molar-refractivity contribution in [1.82, 2.24) is 10.2 Å². The molecule has 0 spiro atoms. The van der Waals surface area contributed by atoms with Crippen LogP contribution < -0.4 is 5.32 Å². The number of benzene rings is 2. The molecule has 0 saturated carbocycles. The average Bonchev–Trinajstić information content (AvgIpc) is 2.65. The Kier molecular flexibility index (Phi) is 8.14. The summed E-state index contributed by atoms with van der Waals surface area (Å²) in [6, 6.07) is 14.1. The van der Waals surface area contributed by atoms with Crippen LogP contribution in [0.15, 0.2) is 48.5 Å². The van der Waals surface area contributed by atoms with Crippen molar-refractivity contribution in [2.24, 2.45) is 0 Å². The van der Waals surface area contributed by atoms with Crippen LogP contribution in [0.2, 0.25) is 10.0 Å². The van der Waals surface area contributed by atoms with Crippen molar-refractivity contribution in [3.63, 3.8) is 0 Å². The third-order valence-electron chi connectivity index (χ3n) is 4.33. The molecule has 0 aromatic heterocycles. The molecule has 2 aromatic rings. The average molecular weight is 407 g/mol. The first-order chi connectivity index (χ1) is 13.0. The quantitative estimate of drug-likeness (QED) is 0.702. The van der Waals surface area contributed by atoms with Crippen LogP contribution in [0, 0.1) is 0 Å². The molecule has 2 aromatic carbocycles. The fourth-order valence-corrected chi connectivity index (χ4v) is 3.45. The first-order valence-electron chi connectivity index (χ1n) is 9.01. The zero-order valence-corrected chi connectivity index (χ0v) is 17.1. The van der Waals surface area contributed by atoms with Crippen LogP contribution in [0.5, 0.6) is 0 Å². The van der Waals surface area contributed by atoms with Crippen molar-refractivity contribution in [3.8, 4) is 0 Å². The molecular formula is C21H24Cl2N2O2. The van der Waals surface area contributed by atoms with Crippen LogP contribution in [0.4, 0.5) is 0 Å². The summed E-state index contributed by atoms with van der Waals surface area (Å²) in [5.41, 5.74) is 1.54. The Labute approximate surface area is 170 Å². The molecule has 0 bridgehead atoms. The second-order valence-electron chi connectivity index (χ2n) is 6.20. The highest BCUT2D eigenvalue weighted by molar-refractivity contribution is 6.36. The number of nitrogens with zero attached hydrogens (tertiary/aromatic N) is 1. The Morgan fingerprint density at radius 3 is 2.19 bits per heavy atom. The van der Waals surface area contributed by atoms with Gasteiger partial charge in [-0.15, -0.1) is 0 Å². The van der Waals surface area contributed by atoms with Crippen molar-refractivity contribution in [2.45, 2.75) is 39.3 Å². The standard InChI is InChI=1S/C21H24Cl2N2O2/c1-3-19(21(27)24-4-2)25(14-16-17(22)11-8-12-18(16)23)20(26)13-15-9-6-5-7-10-15/h5-12,19H,3-4,13-14H2,1-2H3,(H,24,27)/t19-/m0/s1. The fraction of sp³-hybridized carbons (Fsp3) is 0.333. The smallest absolute Gasteiger partial charge is 0.242 e. The summed E-state index contributed by atoms with van der Waals surface area (Å²) < 4.78 is 0. The zero-order chi connectivity index (χ0) is 19.8. The van der Waals surface area contributed by atoms with Gasteiger partial charge in [0.05, 0.1) is 6.42 Å². The number of halogens is 2. The zero-order valence-electron chi connectivity index (χ0n) is 15.5. The number of carbonyl (C=O) groups excluding carboxylic acids is 2. The third-order valence-corrected chi connectivity index (χ3v) is 5.03. The molecule has 6 heteroatoms. The van der Waals surface area contributed by atoms with Gasteiger partial charge in [0, 0.05) is 28.7 Å². The maximum Gasteiger partial charge on any atom is 0.242 e. The first-order valence-corrected chi connectivity index (χ1v) is 9.77. The van der Waals surface area contributed by atoms with E-state index in [1.165, 1.54) is 0 Å². The summed E-state index contributed by atoms with van der Waals surface area (Å²) in [7, 11) is 0. The van der Waals surface area contributed by atoms with Gasteiger partial charge in [0.2, 0.25) is 11.8 Å². The van der Waals surface area contributed by atoms with Gasteiger partial charge in [-0.25, -0.2) is 0 Å². The van der Waals surface area contributed by atoms with Crippen LogP contribution in [0.25, 0.3) is 0 Å². The number of nitrogens with one attached hydrogen (secondary N) is 1. The molecule has 2 rings (SSSR count). The van der Waals surface area contributed by atoms with Crippen molar-refractivity contribution in [1.29, 1.82) is 0 Å². The monoisotopic (exact) mass is 406 g/mol. The Morgan fingerprint density at radius 2 is 1.63 bits per heavy atom. The van der Waals surface area contributed by atoms with Crippen LogP contribution in [-0.2, 0) is 22.6 Å². The summed E-state index contributed by atoms with van der Waals surface area (Å²) in [5, 5.41) is 3.77. The van der Waals surface area contributed by atoms with E-state index >= 15 is 0 Å². The van der Waals surface area contributed by atoms with Crippen molar-refractivity contribution >= 4 is 35.0 Å². The van der Waals surface area contributed by atoms with Crippen LogP contribution in [0.1, 0.15) is 31.4 Å². The van der Waals surface area contributed by atoms with E-state index in [-0.39, 0.29) is 24.8 Å². The van der Waals surface area contributed by atoms with Crippen molar-refractivity contribution in [2.75, 3.05) is 6.54 Å². The molecule has 0 saturated heterocycles. The maximum absolute atomic E-state index is 13.1. The third kappa shape index (κ3) is 5.72. The maximum atomic E-state index is 13.1. The SMILES string of the molecule is CCNC(=O)[C@H](CC)N(Cc1c(Cl)cccc1Cl)C(=O)Cc1ccccc1. The Hall–Kier alpha value is -2.04. The Bertz CT molecular complexity index is 761. The predicted molar refractivity (Wildman–Crippen MR) is 110 cm³/mol. The molecule has 27 heavy (non-hydrogen) atoms. The molecule has 2 amide bonds. The molecule has 144 valence electrons. The molecule has 0 aliphatic heterocycles. The normalized spacial score (nSPS) is 11.7. The van der Waals surface area contributed by atoms with Gasteiger partial charge < -0.3 is 10.2 Å². The summed E-state index contributed by atoms with van der Waals surface area (Å²) in [6.45, 7) is 4.42.